The minimum absolute atomic E-state index is 0.0627. The number of Topliss-reactive ketones (excluding diaryl/α,β-unsaturated/α-hetero) is 2. The van der Waals surface area contributed by atoms with Gasteiger partial charge >= 0.3 is 5.97 Å². The molecule has 0 spiro atoms. The Kier molecular flexibility index (Phi) is 6.56. The van der Waals surface area contributed by atoms with Crippen LogP contribution in [0.1, 0.15) is 51.6 Å². The largest absolute Gasteiger partial charge is 0.475 e. The van der Waals surface area contributed by atoms with Gasteiger partial charge in [-0.2, -0.15) is 0 Å². The van der Waals surface area contributed by atoms with E-state index in [2.05, 4.69) is 0 Å². The van der Waals surface area contributed by atoms with Crippen LogP contribution >= 0.6 is 0 Å². The molecule has 0 radical (unpaired) electrons. The summed E-state index contributed by atoms with van der Waals surface area (Å²) < 4.78 is 5.36. The molecule has 0 saturated carbocycles. The molecule has 2 atom stereocenters. The zero-order valence-electron chi connectivity index (χ0n) is 16.3. The number of ketones is 2. The molecule has 152 valence electrons. The number of ether oxygens (including phenoxy) is 1. The van der Waals surface area contributed by atoms with Gasteiger partial charge in [0.05, 0.1) is 19.1 Å². The Balaban J connectivity index is 1.94. The molecule has 3 rings (SSSR count). The van der Waals surface area contributed by atoms with E-state index in [4.69, 9.17) is 9.84 Å². The van der Waals surface area contributed by atoms with E-state index in [1.807, 2.05) is 37.3 Å². The fraction of sp³-hybridized carbons (Fsp3) is 0.348. The summed E-state index contributed by atoms with van der Waals surface area (Å²) in [4.78, 5) is 34.8. The molecule has 0 aliphatic carbocycles. The monoisotopic (exact) mass is 396 g/mol. The van der Waals surface area contributed by atoms with Crippen LogP contribution in [0.15, 0.2) is 42.5 Å². The van der Waals surface area contributed by atoms with Crippen LogP contribution in [0.5, 0.6) is 0 Å². The van der Waals surface area contributed by atoms with E-state index in [1.54, 1.807) is 12.1 Å². The number of aliphatic carboxylic acids is 1. The normalized spacial score (nSPS) is 17.1. The number of hydrogen-bond donors (Lipinski definition) is 2. The zero-order valence-corrected chi connectivity index (χ0v) is 16.3. The summed E-state index contributed by atoms with van der Waals surface area (Å²) >= 11 is 0. The Labute approximate surface area is 169 Å². The highest BCUT2D eigenvalue weighted by Gasteiger charge is 2.27. The zero-order chi connectivity index (χ0) is 21.0. The molecule has 6 nitrogen and oxygen atoms in total. The van der Waals surface area contributed by atoms with E-state index in [1.165, 1.54) is 0 Å². The Morgan fingerprint density at radius 3 is 2.59 bits per heavy atom. The van der Waals surface area contributed by atoms with E-state index in [9.17, 15) is 19.5 Å². The van der Waals surface area contributed by atoms with Crippen molar-refractivity contribution in [2.24, 2.45) is 5.92 Å². The Morgan fingerprint density at radius 1 is 1.17 bits per heavy atom. The minimum Gasteiger partial charge on any atom is -0.475 e. The average molecular weight is 396 g/mol. The van der Waals surface area contributed by atoms with Gasteiger partial charge in [0.2, 0.25) is 5.78 Å². The lowest BCUT2D eigenvalue weighted by Gasteiger charge is -2.19. The summed E-state index contributed by atoms with van der Waals surface area (Å²) in [7, 11) is 0. The molecule has 1 aliphatic heterocycles. The second kappa shape index (κ2) is 9.11. The molecule has 1 fully saturated rings. The first-order valence-electron chi connectivity index (χ1n) is 9.58. The first-order chi connectivity index (χ1) is 13.8. The van der Waals surface area contributed by atoms with Gasteiger partial charge in [-0.1, -0.05) is 30.3 Å². The quantitative estimate of drug-likeness (QED) is 0.404. The standard InChI is InChI=1S/C23H24O6/c1-14-4-2-3-5-16(14)8-15-9-18(20(24)12-21(25)23(27)28)11-19(10-15)22(26)17-6-7-29-13-17/h2-5,9-11,17,22,26H,6-8,12-13H2,1H3,(H,27,28). The van der Waals surface area contributed by atoms with Gasteiger partial charge < -0.3 is 14.9 Å². The number of carboxylic acids is 1. The van der Waals surface area contributed by atoms with Crippen molar-refractivity contribution >= 4 is 17.5 Å². The number of aliphatic hydroxyl groups is 1. The van der Waals surface area contributed by atoms with Gasteiger partial charge in [0, 0.05) is 18.1 Å². The molecule has 2 N–H and O–H groups in total. The van der Waals surface area contributed by atoms with Crippen molar-refractivity contribution in [3.05, 3.63) is 70.3 Å². The maximum Gasteiger partial charge on any atom is 0.372 e. The summed E-state index contributed by atoms with van der Waals surface area (Å²) in [5.41, 5.74) is 3.83. The minimum atomic E-state index is -1.63. The van der Waals surface area contributed by atoms with Crippen LogP contribution in [0.4, 0.5) is 0 Å². The maximum atomic E-state index is 12.5. The van der Waals surface area contributed by atoms with Crippen molar-refractivity contribution in [2.45, 2.75) is 32.3 Å². The summed E-state index contributed by atoms with van der Waals surface area (Å²) in [6.07, 6.45) is -0.215. The van der Waals surface area contributed by atoms with Crippen LogP contribution < -0.4 is 0 Å². The van der Waals surface area contributed by atoms with Crippen LogP contribution in [-0.4, -0.2) is 41.0 Å². The second-order valence-electron chi connectivity index (χ2n) is 7.46. The maximum absolute atomic E-state index is 12.5. The number of aliphatic hydroxyl groups excluding tert-OH is 1. The summed E-state index contributed by atoms with van der Waals surface area (Å²) in [5, 5.41) is 19.6. The smallest absolute Gasteiger partial charge is 0.372 e. The highest BCUT2D eigenvalue weighted by Crippen LogP contribution is 2.30. The van der Waals surface area contributed by atoms with E-state index in [0.29, 0.717) is 25.2 Å². The Morgan fingerprint density at radius 2 is 1.93 bits per heavy atom. The lowest BCUT2D eigenvalue weighted by molar-refractivity contribution is -0.148. The molecule has 2 aromatic rings. The summed E-state index contributed by atoms with van der Waals surface area (Å²) in [5.74, 6) is -3.41. The predicted molar refractivity (Wildman–Crippen MR) is 106 cm³/mol. The van der Waals surface area contributed by atoms with Crippen LogP contribution in [0.2, 0.25) is 0 Å². The highest BCUT2D eigenvalue weighted by atomic mass is 16.5. The molecule has 1 aliphatic rings. The van der Waals surface area contributed by atoms with E-state index >= 15 is 0 Å². The topological polar surface area (TPSA) is 101 Å². The lowest BCUT2D eigenvalue weighted by atomic mass is 9.89. The van der Waals surface area contributed by atoms with E-state index in [-0.39, 0.29) is 11.5 Å². The first kappa shape index (κ1) is 20.9. The SMILES string of the molecule is Cc1ccccc1Cc1cc(C(=O)CC(=O)C(=O)O)cc(C(O)C2CCOC2)c1. The number of carboxylic acid groups (broad SMARTS) is 1. The molecule has 2 unspecified atom stereocenters. The highest BCUT2D eigenvalue weighted by molar-refractivity contribution is 6.37. The van der Waals surface area contributed by atoms with E-state index < -0.39 is 30.1 Å². The van der Waals surface area contributed by atoms with Crippen molar-refractivity contribution in [3.63, 3.8) is 0 Å². The lowest BCUT2D eigenvalue weighted by Crippen LogP contribution is -2.18. The third-order valence-corrected chi connectivity index (χ3v) is 5.31. The molecule has 0 amide bonds. The first-order valence-corrected chi connectivity index (χ1v) is 9.58. The molecule has 0 bridgehead atoms. The van der Waals surface area contributed by atoms with Crippen LogP contribution in [0, 0.1) is 12.8 Å². The van der Waals surface area contributed by atoms with Gasteiger partial charge in [-0.3, -0.25) is 9.59 Å². The van der Waals surface area contributed by atoms with Crippen LogP contribution in [0.3, 0.4) is 0 Å². The van der Waals surface area contributed by atoms with Crippen molar-refractivity contribution in [2.75, 3.05) is 13.2 Å². The molecule has 1 saturated heterocycles. The Bertz CT molecular complexity index is 927. The van der Waals surface area contributed by atoms with Gasteiger partial charge in [0.1, 0.15) is 0 Å². The molecule has 2 aromatic carbocycles. The van der Waals surface area contributed by atoms with Crippen molar-refractivity contribution in [1.29, 1.82) is 0 Å². The molecular formula is C23H24O6. The molecule has 0 aromatic heterocycles. The van der Waals surface area contributed by atoms with Gasteiger partial charge in [-0.15, -0.1) is 0 Å². The number of benzene rings is 2. The van der Waals surface area contributed by atoms with Gasteiger partial charge in [-0.05, 0) is 54.2 Å². The molecule has 29 heavy (non-hydrogen) atoms. The predicted octanol–water partition coefficient (Wildman–Crippen LogP) is 2.88. The number of aryl methyl sites for hydroxylation is 1. The van der Waals surface area contributed by atoms with Crippen LogP contribution in [0.25, 0.3) is 0 Å². The van der Waals surface area contributed by atoms with Gasteiger partial charge in [0.25, 0.3) is 0 Å². The average Bonchev–Trinajstić information content (AvgIpc) is 3.23. The van der Waals surface area contributed by atoms with Crippen molar-refractivity contribution in [1.82, 2.24) is 0 Å². The number of carbonyl (C=O) groups is 3. The molecular weight excluding hydrogens is 372 g/mol. The number of hydrogen-bond acceptors (Lipinski definition) is 5. The van der Waals surface area contributed by atoms with Gasteiger partial charge in [-0.25, -0.2) is 4.79 Å². The van der Waals surface area contributed by atoms with Gasteiger partial charge in [0.15, 0.2) is 5.78 Å². The third kappa shape index (κ3) is 5.16. The Hall–Kier alpha value is -2.83. The summed E-state index contributed by atoms with van der Waals surface area (Å²) in [6, 6.07) is 13.0. The second-order valence-corrected chi connectivity index (χ2v) is 7.46. The summed E-state index contributed by atoms with van der Waals surface area (Å²) in [6.45, 7) is 3.04. The van der Waals surface area contributed by atoms with Crippen LogP contribution in [-0.2, 0) is 20.7 Å². The van der Waals surface area contributed by atoms with Crippen molar-refractivity contribution < 1.29 is 29.3 Å². The fourth-order valence-corrected chi connectivity index (χ4v) is 3.58. The van der Waals surface area contributed by atoms with E-state index in [0.717, 1.165) is 23.1 Å². The van der Waals surface area contributed by atoms with Crippen molar-refractivity contribution in [3.8, 4) is 0 Å². The molecule has 1 heterocycles. The fourth-order valence-electron chi connectivity index (χ4n) is 3.58. The number of carbonyl (C=O) groups excluding carboxylic acids is 2. The number of rotatable bonds is 8. The third-order valence-electron chi connectivity index (χ3n) is 5.31. The molecule has 6 heteroatoms.